The molecule has 0 spiro atoms. The number of ether oxygens (including phenoxy) is 2. The van der Waals surface area contributed by atoms with Crippen LogP contribution in [0, 0.1) is 6.92 Å². The molecule has 3 heterocycles. The molecule has 0 saturated heterocycles. The number of carbonyl (C=O) groups is 1. The average molecular weight is 338 g/mol. The van der Waals surface area contributed by atoms with E-state index in [9.17, 15) is 4.79 Å². The monoisotopic (exact) mass is 338 g/mol. The van der Waals surface area contributed by atoms with Gasteiger partial charge in [0.15, 0.2) is 5.65 Å². The van der Waals surface area contributed by atoms with Gasteiger partial charge in [-0.2, -0.15) is 5.10 Å². The van der Waals surface area contributed by atoms with Crippen LogP contribution in [0.4, 0.5) is 0 Å². The van der Waals surface area contributed by atoms with Gasteiger partial charge >= 0.3 is 0 Å². The number of methoxy groups -OCH3 is 1. The summed E-state index contributed by atoms with van der Waals surface area (Å²) in [6.45, 7) is 2.32. The van der Waals surface area contributed by atoms with Gasteiger partial charge in [-0.3, -0.25) is 9.89 Å². The number of nitrogens with one attached hydrogen (secondary N) is 2. The summed E-state index contributed by atoms with van der Waals surface area (Å²) >= 11 is 0. The van der Waals surface area contributed by atoms with Crippen molar-refractivity contribution in [2.75, 3.05) is 13.7 Å². The Morgan fingerprint density at radius 3 is 3.12 bits per heavy atom. The van der Waals surface area contributed by atoms with E-state index < -0.39 is 0 Å². The minimum Gasteiger partial charge on any atom is -0.497 e. The number of carbonyl (C=O) groups excluding carboxylic acids is 1. The lowest BCUT2D eigenvalue weighted by molar-refractivity contribution is 0.0915. The SMILES string of the molecule is COc1ccc2c(c1)OC[C@@H](NC(=O)c1cnc3n[nH]c(C)c3c1)C2. The third-order valence-electron chi connectivity index (χ3n) is 4.38. The molecule has 0 unspecified atom stereocenters. The van der Waals surface area contributed by atoms with Crippen LogP contribution >= 0.6 is 0 Å². The van der Waals surface area contributed by atoms with Crippen molar-refractivity contribution in [1.29, 1.82) is 0 Å². The van der Waals surface area contributed by atoms with Crippen molar-refractivity contribution in [2.24, 2.45) is 0 Å². The number of H-pyrrole nitrogens is 1. The van der Waals surface area contributed by atoms with Crippen LogP contribution in [0.1, 0.15) is 21.6 Å². The molecule has 1 aliphatic rings. The van der Waals surface area contributed by atoms with E-state index in [0.717, 1.165) is 28.1 Å². The zero-order valence-electron chi connectivity index (χ0n) is 14.0. The molecule has 7 nitrogen and oxygen atoms in total. The molecule has 128 valence electrons. The second-order valence-corrected chi connectivity index (χ2v) is 6.10. The van der Waals surface area contributed by atoms with E-state index in [2.05, 4.69) is 20.5 Å². The zero-order chi connectivity index (χ0) is 17.4. The third-order valence-corrected chi connectivity index (χ3v) is 4.38. The Morgan fingerprint density at radius 1 is 1.40 bits per heavy atom. The van der Waals surface area contributed by atoms with E-state index in [1.165, 1.54) is 0 Å². The fourth-order valence-electron chi connectivity index (χ4n) is 2.98. The summed E-state index contributed by atoms with van der Waals surface area (Å²) in [5, 5.41) is 10.8. The molecule has 4 rings (SSSR count). The van der Waals surface area contributed by atoms with E-state index in [4.69, 9.17) is 9.47 Å². The molecule has 1 aromatic carbocycles. The summed E-state index contributed by atoms with van der Waals surface area (Å²) in [6.07, 6.45) is 2.26. The van der Waals surface area contributed by atoms with E-state index in [0.29, 0.717) is 24.2 Å². The molecule has 1 amide bonds. The highest BCUT2D eigenvalue weighted by Crippen LogP contribution is 2.29. The minimum atomic E-state index is -0.166. The van der Waals surface area contributed by atoms with E-state index in [1.807, 2.05) is 25.1 Å². The van der Waals surface area contributed by atoms with Crippen LogP contribution in [-0.4, -0.2) is 40.8 Å². The lowest BCUT2D eigenvalue weighted by Gasteiger charge is -2.26. The van der Waals surface area contributed by atoms with Crippen LogP contribution in [0.25, 0.3) is 11.0 Å². The number of amides is 1. The Hall–Kier alpha value is -3.09. The highest BCUT2D eigenvalue weighted by Gasteiger charge is 2.22. The topological polar surface area (TPSA) is 89.1 Å². The molecule has 0 saturated carbocycles. The molecule has 2 N–H and O–H groups in total. The highest BCUT2D eigenvalue weighted by molar-refractivity contribution is 5.97. The normalized spacial score (nSPS) is 16.2. The van der Waals surface area contributed by atoms with Crippen molar-refractivity contribution in [3.05, 3.63) is 47.3 Å². The Kier molecular flexibility index (Phi) is 3.76. The maximum Gasteiger partial charge on any atom is 0.253 e. The van der Waals surface area contributed by atoms with Crippen molar-refractivity contribution in [3.63, 3.8) is 0 Å². The molecule has 3 aromatic rings. The van der Waals surface area contributed by atoms with Gasteiger partial charge in [0.2, 0.25) is 0 Å². The number of nitrogens with zero attached hydrogens (tertiary/aromatic N) is 2. The summed E-state index contributed by atoms with van der Waals surface area (Å²) in [7, 11) is 1.63. The van der Waals surface area contributed by atoms with Crippen molar-refractivity contribution >= 4 is 16.9 Å². The van der Waals surface area contributed by atoms with E-state index in [1.54, 1.807) is 19.4 Å². The second-order valence-electron chi connectivity index (χ2n) is 6.10. The number of aromatic nitrogens is 3. The van der Waals surface area contributed by atoms with Gasteiger partial charge in [-0.25, -0.2) is 4.98 Å². The molecule has 1 atom stereocenters. The van der Waals surface area contributed by atoms with Gasteiger partial charge in [-0.1, -0.05) is 6.07 Å². The van der Waals surface area contributed by atoms with Gasteiger partial charge in [0.25, 0.3) is 5.91 Å². The summed E-state index contributed by atoms with van der Waals surface area (Å²) < 4.78 is 11.0. The standard InChI is InChI=1S/C18H18N4O3/c1-10-15-6-12(8-19-17(15)22-21-10)18(23)20-13-5-11-3-4-14(24-2)7-16(11)25-9-13/h3-4,6-8,13H,5,9H2,1-2H3,(H,20,23)(H,19,21,22)/t13-/m0/s1. The van der Waals surface area contributed by atoms with Crippen LogP contribution in [0.2, 0.25) is 0 Å². The molecule has 0 aliphatic carbocycles. The van der Waals surface area contributed by atoms with Crippen molar-refractivity contribution in [2.45, 2.75) is 19.4 Å². The van der Waals surface area contributed by atoms with Gasteiger partial charge in [0.05, 0.1) is 18.7 Å². The molecule has 25 heavy (non-hydrogen) atoms. The van der Waals surface area contributed by atoms with Crippen LogP contribution in [0.3, 0.4) is 0 Å². The first kappa shape index (κ1) is 15.4. The number of hydrogen-bond acceptors (Lipinski definition) is 5. The Labute approximate surface area is 144 Å². The highest BCUT2D eigenvalue weighted by atomic mass is 16.5. The van der Waals surface area contributed by atoms with Crippen LogP contribution in [0.5, 0.6) is 11.5 Å². The quantitative estimate of drug-likeness (QED) is 0.762. The summed E-state index contributed by atoms with van der Waals surface area (Å²) in [6, 6.07) is 7.45. The summed E-state index contributed by atoms with van der Waals surface area (Å²) in [5.74, 6) is 1.40. The maximum absolute atomic E-state index is 12.5. The Morgan fingerprint density at radius 2 is 2.28 bits per heavy atom. The number of rotatable bonds is 3. The van der Waals surface area contributed by atoms with E-state index in [-0.39, 0.29) is 11.9 Å². The van der Waals surface area contributed by atoms with Crippen molar-refractivity contribution < 1.29 is 14.3 Å². The van der Waals surface area contributed by atoms with Gasteiger partial charge in [0, 0.05) is 23.3 Å². The zero-order valence-corrected chi connectivity index (χ0v) is 14.0. The third kappa shape index (κ3) is 2.88. The van der Waals surface area contributed by atoms with Gasteiger partial charge < -0.3 is 14.8 Å². The minimum absolute atomic E-state index is 0.0884. The first-order valence-corrected chi connectivity index (χ1v) is 8.05. The largest absolute Gasteiger partial charge is 0.497 e. The van der Waals surface area contributed by atoms with Gasteiger partial charge in [-0.05, 0) is 31.0 Å². The first-order valence-electron chi connectivity index (χ1n) is 8.05. The second kappa shape index (κ2) is 6.08. The number of pyridine rings is 1. The number of aryl methyl sites for hydroxylation is 1. The van der Waals surface area contributed by atoms with E-state index >= 15 is 0 Å². The van der Waals surface area contributed by atoms with Crippen molar-refractivity contribution in [3.8, 4) is 11.5 Å². The van der Waals surface area contributed by atoms with Gasteiger partial charge in [-0.15, -0.1) is 0 Å². The lowest BCUT2D eigenvalue weighted by atomic mass is 10.0. The Balaban J connectivity index is 1.49. The van der Waals surface area contributed by atoms with Crippen LogP contribution in [-0.2, 0) is 6.42 Å². The molecule has 0 bridgehead atoms. The van der Waals surface area contributed by atoms with Gasteiger partial charge in [0.1, 0.15) is 18.1 Å². The predicted molar refractivity (Wildman–Crippen MR) is 92.1 cm³/mol. The Bertz CT molecular complexity index is 951. The molecule has 2 aromatic heterocycles. The van der Waals surface area contributed by atoms with Crippen molar-refractivity contribution in [1.82, 2.24) is 20.5 Å². The molecular weight excluding hydrogens is 320 g/mol. The first-order chi connectivity index (χ1) is 12.1. The molecular formula is C18H18N4O3. The summed E-state index contributed by atoms with van der Waals surface area (Å²) in [4.78, 5) is 16.8. The van der Waals surface area contributed by atoms with Crippen LogP contribution < -0.4 is 14.8 Å². The summed E-state index contributed by atoms with van der Waals surface area (Å²) in [5.41, 5.74) is 3.06. The predicted octanol–water partition coefficient (Wildman–Crippen LogP) is 2.01. The number of aromatic amines is 1. The lowest BCUT2D eigenvalue weighted by Crippen LogP contribution is -2.42. The molecule has 0 radical (unpaired) electrons. The molecule has 0 fully saturated rings. The molecule has 7 heteroatoms. The number of fused-ring (bicyclic) bond motifs is 2. The average Bonchev–Trinajstić information content (AvgIpc) is 3.01. The maximum atomic E-state index is 12.5. The fraction of sp³-hybridized carbons (Fsp3) is 0.278. The van der Waals surface area contributed by atoms with Crippen LogP contribution in [0.15, 0.2) is 30.5 Å². The fourth-order valence-corrected chi connectivity index (χ4v) is 2.98. The molecule has 1 aliphatic heterocycles. The smallest absolute Gasteiger partial charge is 0.253 e. The number of benzene rings is 1. The number of hydrogen-bond donors (Lipinski definition) is 2.